The summed E-state index contributed by atoms with van der Waals surface area (Å²) in [5.41, 5.74) is 5.51. The molecule has 0 N–H and O–H groups in total. The zero-order valence-electron chi connectivity index (χ0n) is 8.43. The normalized spacial score (nSPS) is 19.5. The summed E-state index contributed by atoms with van der Waals surface area (Å²) in [5, 5.41) is 2.12. The molecule has 1 aromatic rings. The van der Waals surface area contributed by atoms with E-state index < -0.39 is 0 Å². The molecular weight excluding hydrogens is 176 g/mol. The van der Waals surface area contributed by atoms with E-state index in [9.17, 15) is 0 Å². The van der Waals surface area contributed by atoms with Crippen LogP contribution in [-0.2, 0) is 0 Å². The van der Waals surface area contributed by atoms with Gasteiger partial charge in [-0.3, -0.25) is 4.98 Å². The van der Waals surface area contributed by atoms with Crippen molar-refractivity contribution in [2.75, 3.05) is 33.2 Å². The first-order valence-electron chi connectivity index (χ1n) is 4.90. The van der Waals surface area contributed by atoms with Gasteiger partial charge in [0, 0.05) is 38.6 Å². The van der Waals surface area contributed by atoms with E-state index in [-0.39, 0.29) is 0 Å². The van der Waals surface area contributed by atoms with Crippen molar-refractivity contribution in [3.8, 4) is 0 Å². The van der Waals surface area contributed by atoms with Gasteiger partial charge in [-0.1, -0.05) is 0 Å². The molecule has 4 nitrogen and oxygen atoms in total. The van der Waals surface area contributed by atoms with Crippen LogP contribution in [-0.4, -0.2) is 48.1 Å². The molecule has 0 aliphatic carbocycles. The van der Waals surface area contributed by atoms with Gasteiger partial charge in [-0.15, -0.1) is 0 Å². The number of pyridine rings is 1. The number of likely N-dealkylation sites (N-methyl/N-ethyl adjacent to an activating group) is 1. The Bertz CT molecular complexity index is 267. The van der Waals surface area contributed by atoms with E-state index in [0.29, 0.717) is 0 Å². The van der Waals surface area contributed by atoms with Gasteiger partial charge in [0.1, 0.15) is 0 Å². The second kappa shape index (κ2) is 4.39. The summed E-state index contributed by atoms with van der Waals surface area (Å²) in [6, 6.07) is 3.86. The van der Waals surface area contributed by atoms with Crippen molar-refractivity contribution >= 4 is 5.69 Å². The van der Waals surface area contributed by atoms with Crippen molar-refractivity contribution in [3.05, 3.63) is 24.5 Å². The summed E-state index contributed by atoms with van der Waals surface area (Å²) < 4.78 is 0. The second-order valence-corrected chi connectivity index (χ2v) is 3.56. The third kappa shape index (κ3) is 2.43. The topological polar surface area (TPSA) is 33.5 Å². The predicted octanol–water partition coefficient (Wildman–Crippen LogP) is 0.480. The molecule has 2 heterocycles. The number of rotatable bonds is 2. The number of hydrogen-bond donors (Lipinski definition) is 0. The zero-order chi connectivity index (χ0) is 9.80. The fourth-order valence-corrected chi connectivity index (χ4v) is 1.47. The molecule has 4 heteroatoms. The lowest BCUT2D eigenvalue weighted by Gasteiger charge is -2.31. The molecule has 0 aromatic carbocycles. The van der Waals surface area contributed by atoms with Gasteiger partial charge in [-0.2, -0.15) is 10.4 Å². The second-order valence-electron chi connectivity index (χ2n) is 3.56. The molecule has 2 rings (SSSR count). The molecule has 14 heavy (non-hydrogen) atoms. The van der Waals surface area contributed by atoms with Crippen LogP contribution >= 0.6 is 0 Å². The Morgan fingerprint density at radius 1 is 1.14 bits per heavy atom. The van der Waals surface area contributed by atoms with E-state index >= 15 is 0 Å². The summed E-state index contributed by atoms with van der Waals surface area (Å²) in [6.45, 7) is 4.21. The van der Waals surface area contributed by atoms with Crippen LogP contribution in [0.15, 0.2) is 24.5 Å². The third-order valence-electron chi connectivity index (χ3n) is 2.40. The first-order valence-corrected chi connectivity index (χ1v) is 4.90. The average molecular weight is 191 g/mol. The van der Waals surface area contributed by atoms with E-state index in [1.807, 2.05) is 12.1 Å². The van der Waals surface area contributed by atoms with E-state index in [1.165, 1.54) is 0 Å². The molecule has 0 unspecified atom stereocenters. The number of nitrogens with zero attached hydrogens (tertiary/aromatic N) is 4. The standard InChI is InChI=1S/C10H15N4/c1-13-6-8-14(9-7-13)12-10-2-4-11-5-3-10/h2-5H,6-9H2,1H3. The summed E-state index contributed by atoms with van der Waals surface area (Å²) in [4.78, 5) is 6.28. The minimum atomic E-state index is 0.990. The van der Waals surface area contributed by atoms with Gasteiger partial charge in [-0.05, 0) is 19.2 Å². The highest BCUT2D eigenvalue weighted by atomic mass is 15.5. The Morgan fingerprint density at radius 2 is 1.79 bits per heavy atom. The Hall–Kier alpha value is -1.13. The molecule has 1 aromatic heterocycles. The van der Waals surface area contributed by atoms with Gasteiger partial charge >= 0.3 is 0 Å². The SMILES string of the molecule is CN1CCN([N]c2ccncc2)CC1. The largest absolute Gasteiger partial charge is 0.304 e. The van der Waals surface area contributed by atoms with Gasteiger partial charge in [0.05, 0.1) is 5.69 Å². The van der Waals surface area contributed by atoms with Crippen molar-refractivity contribution in [1.29, 1.82) is 0 Å². The number of aromatic nitrogens is 1. The molecule has 1 aliphatic rings. The Balaban J connectivity index is 1.87. The highest BCUT2D eigenvalue weighted by Crippen LogP contribution is 2.07. The summed E-state index contributed by atoms with van der Waals surface area (Å²) >= 11 is 0. The number of piperazine rings is 1. The highest BCUT2D eigenvalue weighted by Gasteiger charge is 2.14. The van der Waals surface area contributed by atoms with Gasteiger partial charge in [0.25, 0.3) is 0 Å². The van der Waals surface area contributed by atoms with E-state index in [0.717, 1.165) is 31.9 Å². The van der Waals surface area contributed by atoms with Gasteiger partial charge in [0.15, 0.2) is 0 Å². The fourth-order valence-electron chi connectivity index (χ4n) is 1.47. The molecule has 1 radical (unpaired) electrons. The predicted molar refractivity (Wildman–Crippen MR) is 55.1 cm³/mol. The van der Waals surface area contributed by atoms with Crippen LogP contribution in [0.1, 0.15) is 0 Å². The Morgan fingerprint density at radius 3 is 2.43 bits per heavy atom. The van der Waals surface area contributed by atoms with Crippen LogP contribution in [0.25, 0.3) is 0 Å². The minimum absolute atomic E-state index is 0.990. The summed E-state index contributed by atoms with van der Waals surface area (Å²) in [5.74, 6) is 0. The Labute approximate surface area is 84.5 Å². The Kier molecular flexibility index (Phi) is 2.96. The lowest BCUT2D eigenvalue weighted by atomic mass is 10.4. The minimum Gasteiger partial charge on any atom is -0.304 e. The van der Waals surface area contributed by atoms with E-state index in [2.05, 4.69) is 27.4 Å². The molecule has 1 aliphatic heterocycles. The molecular formula is C10H15N4. The van der Waals surface area contributed by atoms with Crippen LogP contribution in [0.4, 0.5) is 5.69 Å². The van der Waals surface area contributed by atoms with Crippen LogP contribution in [0.3, 0.4) is 0 Å². The zero-order valence-corrected chi connectivity index (χ0v) is 8.43. The summed E-state index contributed by atoms with van der Waals surface area (Å²) in [6.07, 6.45) is 3.55. The van der Waals surface area contributed by atoms with Crippen LogP contribution in [0.2, 0.25) is 0 Å². The lowest BCUT2D eigenvalue weighted by Crippen LogP contribution is -2.46. The van der Waals surface area contributed by atoms with Crippen molar-refractivity contribution < 1.29 is 0 Å². The summed E-state index contributed by atoms with van der Waals surface area (Å²) in [7, 11) is 2.14. The van der Waals surface area contributed by atoms with Crippen LogP contribution in [0, 0.1) is 0 Å². The van der Waals surface area contributed by atoms with Gasteiger partial charge in [0.2, 0.25) is 0 Å². The first kappa shape index (κ1) is 9.43. The first-order chi connectivity index (χ1) is 6.84. The lowest BCUT2D eigenvalue weighted by molar-refractivity contribution is 0.121. The molecule has 1 saturated heterocycles. The molecule has 0 amide bonds. The van der Waals surface area contributed by atoms with E-state index in [4.69, 9.17) is 0 Å². The maximum absolute atomic E-state index is 4.52. The highest BCUT2D eigenvalue weighted by molar-refractivity contribution is 5.31. The van der Waals surface area contributed by atoms with Crippen molar-refractivity contribution in [2.24, 2.45) is 0 Å². The van der Waals surface area contributed by atoms with Crippen molar-refractivity contribution in [3.63, 3.8) is 0 Å². The van der Waals surface area contributed by atoms with Crippen LogP contribution in [0.5, 0.6) is 0 Å². The smallest absolute Gasteiger partial charge is 0.0807 e. The molecule has 75 valence electrons. The van der Waals surface area contributed by atoms with Gasteiger partial charge < -0.3 is 4.90 Å². The molecule has 0 spiro atoms. The van der Waals surface area contributed by atoms with Crippen molar-refractivity contribution in [1.82, 2.24) is 20.3 Å². The average Bonchev–Trinajstić information content (AvgIpc) is 2.23. The maximum atomic E-state index is 4.52. The van der Waals surface area contributed by atoms with Crippen molar-refractivity contribution in [2.45, 2.75) is 0 Å². The van der Waals surface area contributed by atoms with Gasteiger partial charge in [-0.25, -0.2) is 0 Å². The van der Waals surface area contributed by atoms with E-state index in [1.54, 1.807) is 12.4 Å². The molecule has 0 saturated carbocycles. The van der Waals surface area contributed by atoms with Crippen LogP contribution < -0.4 is 5.43 Å². The molecule has 1 fully saturated rings. The maximum Gasteiger partial charge on any atom is 0.0807 e. The number of hydrogen-bond acceptors (Lipinski definition) is 3. The fraction of sp³-hybridized carbons (Fsp3) is 0.500. The molecule has 0 atom stereocenters. The quantitative estimate of drug-likeness (QED) is 0.681. The molecule has 0 bridgehead atoms. The third-order valence-corrected chi connectivity index (χ3v) is 2.40. The monoisotopic (exact) mass is 191 g/mol.